The molecule has 2 atom stereocenters. The van der Waals surface area contributed by atoms with Crippen LogP contribution in [0.3, 0.4) is 0 Å². The lowest BCUT2D eigenvalue weighted by atomic mass is 9.97. The van der Waals surface area contributed by atoms with E-state index in [0.717, 1.165) is 19.5 Å². The Labute approximate surface area is 158 Å². The van der Waals surface area contributed by atoms with Gasteiger partial charge in [-0.05, 0) is 41.2 Å². The molecule has 0 bridgehead atoms. The third-order valence-corrected chi connectivity index (χ3v) is 5.16. The first kappa shape index (κ1) is 18.4. The number of allylic oxidation sites excluding steroid dienone is 1. The minimum absolute atomic E-state index is 0.355. The van der Waals surface area contributed by atoms with E-state index in [1.165, 1.54) is 21.9 Å². The van der Waals surface area contributed by atoms with Crippen molar-refractivity contribution in [2.45, 2.75) is 32.9 Å². The maximum Gasteiger partial charge on any atom is 0.0329 e. The number of fused-ring (bicyclic) bond motifs is 1. The van der Waals surface area contributed by atoms with Crippen molar-refractivity contribution in [3.05, 3.63) is 96.6 Å². The van der Waals surface area contributed by atoms with Crippen molar-refractivity contribution in [2.75, 3.05) is 6.54 Å². The lowest BCUT2D eigenvalue weighted by molar-refractivity contribution is 0.175. The van der Waals surface area contributed by atoms with Gasteiger partial charge in [-0.2, -0.15) is 0 Å². The number of hydrogen-bond acceptors (Lipinski definition) is 1. The van der Waals surface area contributed by atoms with E-state index in [1.807, 2.05) is 6.08 Å². The second-order valence-corrected chi connectivity index (χ2v) is 7.29. The molecule has 0 aliphatic rings. The quantitative estimate of drug-likeness (QED) is 0.416. The molecule has 3 aromatic rings. The molecule has 26 heavy (non-hydrogen) atoms. The Bertz CT molecular complexity index is 832. The van der Waals surface area contributed by atoms with E-state index in [-0.39, 0.29) is 0 Å². The molecule has 0 aromatic heterocycles. The highest BCUT2D eigenvalue weighted by atomic mass is 15.1. The fourth-order valence-electron chi connectivity index (χ4n) is 3.75. The summed E-state index contributed by atoms with van der Waals surface area (Å²) in [5, 5.41) is 2.67. The van der Waals surface area contributed by atoms with Crippen LogP contribution in [0.25, 0.3) is 10.8 Å². The predicted molar refractivity (Wildman–Crippen MR) is 113 cm³/mol. The minimum atomic E-state index is 0.355. The fourth-order valence-corrected chi connectivity index (χ4v) is 3.75. The van der Waals surface area contributed by atoms with Gasteiger partial charge in [0.15, 0.2) is 0 Å². The lowest BCUT2D eigenvalue weighted by Crippen LogP contribution is -2.31. The number of hydrogen-bond donors (Lipinski definition) is 0. The van der Waals surface area contributed by atoms with Gasteiger partial charge in [0.2, 0.25) is 0 Å². The molecule has 0 heterocycles. The summed E-state index contributed by atoms with van der Waals surface area (Å²) in [5.41, 5.74) is 2.77. The highest BCUT2D eigenvalue weighted by Crippen LogP contribution is 2.30. The lowest BCUT2D eigenvalue weighted by Gasteiger charge is -2.32. The normalized spacial score (nSPS) is 13.7. The molecule has 0 aliphatic carbocycles. The number of benzene rings is 3. The summed E-state index contributed by atoms with van der Waals surface area (Å²) in [7, 11) is 0. The highest BCUT2D eigenvalue weighted by molar-refractivity contribution is 5.86. The van der Waals surface area contributed by atoms with Crippen LogP contribution in [0.1, 0.15) is 37.4 Å². The zero-order valence-electron chi connectivity index (χ0n) is 15.9. The molecule has 0 amide bonds. The Morgan fingerprint density at radius 2 is 1.58 bits per heavy atom. The van der Waals surface area contributed by atoms with E-state index in [4.69, 9.17) is 0 Å². The Morgan fingerprint density at radius 1 is 0.885 bits per heavy atom. The van der Waals surface area contributed by atoms with Crippen molar-refractivity contribution < 1.29 is 0 Å². The van der Waals surface area contributed by atoms with E-state index >= 15 is 0 Å². The van der Waals surface area contributed by atoms with E-state index in [2.05, 4.69) is 98.1 Å². The van der Waals surface area contributed by atoms with Crippen LogP contribution in [0.15, 0.2) is 85.5 Å². The molecule has 0 saturated heterocycles. The molecule has 1 heteroatoms. The van der Waals surface area contributed by atoms with E-state index in [9.17, 15) is 0 Å². The molecule has 0 radical (unpaired) electrons. The molecule has 3 rings (SSSR count). The Hall–Kier alpha value is -2.38. The molecule has 0 unspecified atom stereocenters. The summed E-state index contributed by atoms with van der Waals surface area (Å²) >= 11 is 0. The molecular formula is C25H29N. The number of nitrogens with zero attached hydrogens (tertiary/aromatic N) is 1. The van der Waals surface area contributed by atoms with Crippen LogP contribution < -0.4 is 0 Å². The van der Waals surface area contributed by atoms with E-state index < -0.39 is 0 Å². The highest BCUT2D eigenvalue weighted by Gasteiger charge is 2.20. The Balaban J connectivity index is 1.92. The smallest absolute Gasteiger partial charge is 0.0329 e. The van der Waals surface area contributed by atoms with Crippen LogP contribution in [0.2, 0.25) is 0 Å². The standard InChI is InChI=1S/C25H29N/c1-4-11-20(2)18-26(19-22-12-6-5-7-13-22)21(3)24-17-10-15-23-14-8-9-16-25(23)24/h4-10,12-17,20-21H,1,11,18-19H2,2-3H3/t20-,21-/m0/s1. The minimum Gasteiger partial charge on any atom is -0.292 e. The molecule has 0 spiro atoms. The third kappa shape index (κ3) is 4.42. The molecule has 3 aromatic carbocycles. The third-order valence-electron chi connectivity index (χ3n) is 5.16. The summed E-state index contributed by atoms with van der Waals surface area (Å²) in [6.45, 7) is 10.6. The van der Waals surface area contributed by atoms with Gasteiger partial charge in [-0.1, -0.05) is 85.8 Å². The van der Waals surface area contributed by atoms with Crippen molar-refractivity contribution in [1.82, 2.24) is 4.90 Å². The van der Waals surface area contributed by atoms with Gasteiger partial charge in [-0.15, -0.1) is 6.58 Å². The zero-order valence-corrected chi connectivity index (χ0v) is 15.9. The average molecular weight is 344 g/mol. The maximum absolute atomic E-state index is 3.92. The number of rotatable bonds is 8. The summed E-state index contributed by atoms with van der Waals surface area (Å²) in [4.78, 5) is 2.60. The molecule has 0 saturated carbocycles. The average Bonchev–Trinajstić information content (AvgIpc) is 2.67. The SMILES string of the molecule is C=CC[C@H](C)CN(Cc1ccccc1)[C@@H](C)c1cccc2ccccc12. The first-order valence-electron chi connectivity index (χ1n) is 9.55. The summed E-state index contributed by atoms with van der Waals surface area (Å²) in [6.07, 6.45) is 3.08. The van der Waals surface area contributed by atoms with Gasteiger partial charge >= 0.3 is 0 Å². The van der Waals surface area contributed by atoms with Crippen LogP contribution in [0.5, 0.6) is 0 Å². The topological polar surface area (TPSA) is 3.24 Å². The second kappa shape index (κ2) is 8.82. The van der Waals surface area contributed by atoms with Crippen LogP contribution in [0.4, 0.5) is 0 Å². The summed E-state index contributed by atoms with van der Waals surface area (Å²) < 4.78 is 0. The van der Waals surface area contributed by atoms with Gasteiger partial charge in [0, 0.05) is 19.1 Å². The van der Waals surface area contributed by atoms with Gasteiger partial charge in [0.05, 0.1) is 0 Å². The fraction of sp³-hybridized carbons (Fsp3) is 0.280. The van der Waals surface area contributed by atoms with Crippen molar-refractivity contribution in [1.29, 1.82) is 0 Å². The summed E-state index contributed by atoms with van der Waals surface area (Å²) in [6, 6.07) is 26.5. The largest absolute Gasteiger partial charge is 0.292 e. The Kier molecular flexibility index (Phi) is 6.25. The molecule has 1 nitrogen and oxygen atoms in total. The molecule has 134 valence electrons. The van der Waals surface area contributed by atoms with Crippen molar-refractivity contribution >= 4 is 10.8 Å². The van der Waals surface area contributed by atoms with Gasteiger partial charge in [0.25, 0.3) is 0 Å². The van der Waals surface area contributed by atoms with Gasteiger partial charge in [-0.25, -0.2) is 0 Å². The van der Waals surface area contributed by atoms with Crippen LogP contribution in [-0.4, -0.2) is 11.4 Å². The van der Waals surface area contributed by atoms with Crippen LogP contribution >= 0.6 is 0 Å². The van der Waals surface area contributed by atoms with Crippen molar-refractivity contribution in [3.8, 4) is 0 Å². The monoisotopic (exact) mass is 343 g/mol. The Morgan fingerprint density at radius 3 is 2.35 bits per heavy atom. The second-order valence-electron chi connectivity index (χ2n) is 7.29. The predicted octanol–water partition coefficient (Wildman–Crippen LogP) is 6.62. The van der Waals surface area contributed by atoms with Gasteiger partial charge < -0.3 is 0 Å². The van der Waals surface area contributed by atoms with Gasteiger partial charge in [-0.3, -0.25) is 4.90 Å². The van der Waals surface area contributed by atoms with Crippen LogP contribution in [0, 0.1) is 5.92 Å². The van der Waals surface area contributed by atoms with E-state index in [1.54, 1.807) is 0 Å². The zero-order chi connectivity index (χ0) is 18.4. The first-order valence-corrected chi connectivity index (χ1v) is 9.55. The summed E-state index contributed by atoms with van der Waals surface area (Å²) in [5.74, 6) is 0.591. The maximum atomic E-state index is 3.92. The van der Waals surface area contributed by atoms with Gasteiger partial charge in [0.1, 0.15) is 0 Å². The van der Waals surface area contributed by atoms with Crippen molar-refractivity contribution in [3.63, 3.8) is 0 Å². The molecule has 0 aliphatic heterocycles. The first-order chi connectivity index (χ1) is 12.7. The molecule has 0 fully saturated rings. The molecule has 0 N–H and O–H groups in total. The van der Waals surface area contributed by atoms with Crippen molar-refractivity contribution in [2.24, 2.45) is 5.92 Å². The van der Waals surface area contributed by atoms with Crippen LogP contribution in [-0.2, 0) is 6.54 Å². The van der Waals surface area contributed by atoms with E-state index in [0.29, 0.717) is 12.0 Å². The molecular weight excluding hydrogens is 314 g/mol.